The Hall–Kier alpha value is -1.39. The molecule has 19 heavy (non-hydrogen) atoms. The quantitative estimate of drug-likeness (QED) is 0.840. The third-order valence-corrected chi connectivity index (χ3v) is 3.32. The van der Waals surface area contributed by atoms with Crippen LogP contribution in [0, 0.1) is 6.92 Å². The molecule has 4 nitrogen and oxygen atoms in total. The fraction of sp³-hybridized carbons (Fsp3) is 0.533. The number of rotatable bonds is 6. The second-order valence-corrected chi connectivity index (χ2v) is 5.29. The molecule has 0 bridgehead atoms. The van der Waals surface area contributed by atoms with Crippen molar-refractivity contribution in [2.75, 3.05) is 27.7 Å². The van der Waals surface area contributed by atoms with E-state index in [4.69, 9.17) is 5.73 Å². The number of carbonyl (C=O) groups excluding carboxylic acids is 1. The summed E-state index contributed by atoms with van der Waals surface area (Å²) in [5.74, 6) is 0.117. The topological polar surface area (TPSA) is 49.6 Å². The van der Waals surface area contributed by atoms with E-state index < -0.39 is 0 Å². The van der Waals surface area contributed by atoms with Crippen LogP contribution in [0.3, 0.4) is 0 Å². The van der Waals surface area contributed by atoms with Gasteiger partial charge in [-0.05, 0) is 19.5 Å². The summed E-state index contributed by atoms with van der Waals surface area (Å²) >= 11 is 0. The Morgan fingerprint density at radius 2 is 2.00 bits per heavy atom. The van der Waals surface area contributed by atoms with Crippen LogP contribution in [0.25, 0.3) is 0 Å². The van der Waals surface area contributed by atoms with Crippen LogP contribution in [0.4, 0.5) is 0 Å². The lowest BCUT2D eigenvalue weighted by Gasteiger charge is -2.27. The molecule has 0 aliphatic rings. The molecular weight excluding hydrogens is 238 g/mol. The summed E-state index contributed by atoms with van der Waals surface area (Å²) in [4.78, 5) is 15.5. The Morgan fingerprint density at radius 3 is 2.53 bits per heavy atom. The van der Waals surface area contributed by atoms with Crippen LogP contribution >= 0.6 is 0 Å². The first-order valence-electron chi connectivity index (χ1n) is 6.60. The summed E-state index contributed by atoms with van der Waals surface area (Å²) in [5, 5.41) is 0. The maximum Gasteiger partial charge on any atom is 0.223 e. The molecule has 106 valence electrons. The van der Waals surface area contributed by atoms with Gasteiger partial charge in [-0.15, -0.1) is 0 Å². The zero-order valence-corrected chi connectivity index (χ0v) is 12.4. The lowest BCUT2D eigenvalue weighted by Crippen LogP contribution is -2.41. The third-order valence-electron chi connectivity index (χ3n) is 3.32. The van der Waals surface area contributed by atoms with Gasteiger partial charge in [-0.3, -0.25) is 9.69 Å². The van der Waals surface area contributed by atoms with Crippen LogP contribution in [0.2, 0.25) is 0 Å². The molecule has 0 aromatic heterocycles. The summed E-state index contributed by atoms with van der Waals surface area (Å²) in [6.07, 6.45) is 0.464. The van der Waals surface area contributed by atoms with Gasteiger partial charge < -0.3 is 10.6 Å². The molecule has 0 radical (unpaired) electrons. The zero-order chi connectivity index (χ0) is 14.4. The van der Waals surface area contributed by atoms with E-state index in [9.17, 15) is 4.79 Å². The molecule has 0 saturated carbocycles. The van der Waals surface area contributed by atoms with Crippen LogP contribution in [0.1, 0.15) is 17.5 Å². The molecule has 0 fully saturated rings. The van der Waals surface area contributed by atoms with Crippen molar-refractivity contribution < 1.29 is 4.79 Å². The lowest BCUT2D eigenvalue weighted by atomic mass is 10.1. The minimum Gasteiger partial charge on any atom is -0.349 e. The first-order chi connectivity index (χ1) is 8.93. The molecular formula is C15H25N3O. The molecule has 1 atom stereocenters. The summed E-state index contributed by atoms with van der Waals surface area (Å²) in [6.45, 7) is 3.38. The number of nitrogens with zero attached hydrogens (tertiary/aromatic N) is 2. The van der Waals surface area contributed by atoms with Crippen molar-refractivity contribution >= 4 is 5.91 Å². The van der Waals surface area contributed by atoms with Gasteiger partial charge in [0.05, 0.1) is 0 Å². The SMILES string of the molecule is Cc1cccc(CN(C)C(CN)CC(=O)N(C)C)c1. The highest BCUT2D eigenvalue weighted by Crippen LogP contribution is 2.10. The number of benzene rings is 1. The van der Waals surface area contributed by atoms with Crippen molar-refractivity contribution in [3.8, 4) is 0 Å². The molecule has 0 aliphatic heterocycles. The van der Waals surface area contributed by atoms with Gasteiger partial charge in [-0.2, -0.15) is 0 Å². The van der Waals surface area contributed by atoms with E-state index in [2.05, 4.69) is 36.1 Å². The molecule has 0 heterocycles. The Bertz CT molecular complexity index is 418. The Labute approximate surface area is 116 Å². The van der Waals surface area contributed by atoms with Crippen LogP contribution in [0.5, 0.6) is 0 Å². The molecule has 4 heteroatoms. The lowest BCUT2D eigenvalue weighted by molar-refractivity contribution is -0.129. The van der Waals surface area contributed by atoms with Gasteiger partial charge in [0.1, 0.15) is 0 Å². The Balaban J connectivity index is 2.63. The van der Waals surface area contributed by atoms with Gasteiger partial charge in [0.15, 0.2) is 0 Å². The number of likely N-dealkylation sites (N-methyl/N-ethyl adjacent to an activating group) is 1. The average molecular weight is 263 g/mol. The predicted octanol–water partition coefficient (Wildman–Crippen LogP) is 1.23. The highest BCUT2D eigenvalue weighted by atomic mass is 16.2. The van der Waals surface area contributed by atoms with E-state index in [1.165, 1.54) is 11.1 Å². The summed E-state index contributed by atoms with van der Waals surface area (Å²) < 4.78 is 0. The molecule has 0 spiro atoms. The molecule has 1 rings (SSSR count). The summed E-state index contributed by atoms with van der Waals surface area (Å²) in [6, 6.07) is 8.48. The smallest absolute Gasteiger partial charge is 0.223 e. The fourth-order valence-electron chi connectivity index (χ4n) is 2.03. The molecule has 1 aromatic carbocycles. The maximum absolute atomic E-state index is 11.8. The minimum absolute atomic E-state index is 0.0791. The van der Waals surface area contributed by atoms with Crippen molar-refractivity contribution in [1.82, 2.24) is 9.80 Å². The van der Waals surface area contributed by atoms with E-state index in [-0.39, 0.29) is 11.9 Å². The number of aryl methyl sites for hydroxylation is 1. The van der Waals surface area contributed by atoms with Gasteiger partial charge in [0.25, 0.3) is 0 Å². The molecule has 0 saturated heterocycles. The highest BCUT2D eigenvalue weighted by Gasteiger charge is 2.18. The Morgan fingerprint density at radius 1 is 1.32 bits per heavy atom. The van der Waals surface area contributed by atoms with Crippen molar-refractivity contribution in [2.45, 2.75) is 25.9 Å². The predicted molar refractivity (Wildman–Crippen MR) is 78.8 cm³/mol. The normalized spacial score (nSPS) is 12.5. The van der Waals surface area contributed by atoms with E-state index in [0.29, 0.717) is 13.0 Å². The van der Waals surface area contributed by atoms with E-state index in [1.807, 2.05) is 7.05 Å². The number of hydrogen-bond acceptors (Lipinski definition) is 3. The first kappa shape index (κ1) is 15.7. The minimum atomic E-state index is 0.0791. The third kappa shape index (κ3) is 5.01. The molecule has 1 unspecified atom stereocenters. The monoisotopic (exact) mass is 263 g/mol. The van der Waals surface area contributed by atoms with Crippen molar-refractivity contribution in [3.05, 3.63) is 35.4 Å². The fourth-order valence-corrected chi connectivity index (χ4v) is 2.03. The van der Waals surface area contributed by atoms with Crippen molar-refractivity contribution in [1.29, 1.82) is 0 Å². The number of amides is 1. The van der Waals surface area contributed by atoms with Gasteiger partial charge in [0.2, 0.25) is 5.91 Å². The van der Waals surface area contributed by atoms with E-state index >= 15 is 0 Å². The summed E-state index contributed by atoms with van der Waals surface area (Å²) in [5.41, 5.74) is 8.29. The van der Waals surface area contributed by atoms with Crippen molar-refractivity contribution in [2.24, 2.45) is 5.73 Å². The summed E-state index contributed by atoms with van der Waals surface area (Å²) in [7, 11) is 5.57. The van der Waals surface area contributed by atoms with Crippen LogP contribution < -0.4 is 5.73 Å². The average Bonchev–Trinajstić information content (AvgIpc) is 2.35. The highest BCUT2D eigenvalue weighted by molar-refractivity contribution is 5.76. The van der Waals surface area contributed by atoms with Gasteiger partial charge in [-0.1, -0.05) is 29.8 Å². The molecule has 1 aromatic rings. The number of carbonyl (C=O) groups is 1. The van der Waals surface area contributed by atoms with E-state index in [0.717, 1.165) is 6.54 Å². The van der Waals surface area contributed by atoms with Crippen molar-refractivity contribution in [3.63, 3.8) is 0 Å². The van der Waals surface area contributed by atoms with E-state index in [1.54, 1.807) is 19.0 Å². The zero-order valence-electron chi connectivity index (χ0n) is 12.4. The van der Waals surface area contributed by atoms with Crippen LogP contribution in [-0.2, 0) is 11.3 Å². The molecule has 1 amide bonds. The van der Waals surface area contributed by atoms with Gasteiger partial charge in [-0.25, -0.2) is 0 Å². The number of nitrogens with two attached hydrogens (primary N) is 1. The largest absolute Gasteiger partial charge is 0.349 e. The van der Waals surface area contributed by atoms with Gasteiger partial charge >= 0.3 is 0 Å². The van der Waals surface area contributed by atoms with Gasteiger partial charge in [0, 0.05) is 39.6 Å². The standard InChI is InChI=1S/C15H25N3O/c1-12-6-5-7-13(8-12)11-18(4)14(10-16)9-15(19)17(2)3/h5-8,14H,9-11,16H2,1-4H3. The Kier molecular flexibility index (Phi) is 5.99. The van der Waals surface area contributed by atoms with Crippen LogP contribution in [0.15, 0.2) is 24.3 Å². The number of hydrogen-bond donors (Lipinski definition) is 1. The first-order valence-corrected chi connectivity index (χ1v) is 6.60. The molecule has 2 N–H and O–H groups in total. The second-order valence-electron chi connectivity index (χ2n) is 5.29. The molecule has 0 aliphatic carbocycles. The maximum atomic E-state index is 11.8. The van der Waals surface area contributed by atoms with Crippen LogP contribution in [-0.4, -0.2) is 49.4 Å². The second kappa shape index (κ2) is 7.26.